The van der Waals surface area contributed by atoms with Crippen molar-refractivity contribution in [2.24, 2.45) is 0 Å². The van der Waals surface area contributed by atoms with E-state index in [1.54, 1.807) is 0 Å². The first-order valence-electron chi connectivity index (χ1n) is 10.3. The molecule has 2 aliphatic carbocycles. The lowest BCUT2D eigenvalue weighted by molar-refractivity contribution is -0.209. The highest BCUT2D eigenvalue weighted by Crippen LogP contribution is 2.50. The smallest absolute Gasteiger partial charge is 0.0945 e. The number of benzene rings is 2. The summed E-state index contributed by atoms with van der Waals surface area (Å²) in [5.74, 6) is 0. The SMILES string of the molecule is OC1CCC(OC2(c3ccccc3)CCC(O)CC2)(c2ccccc2)CC1. The molecule has 0 saturated heterocycles. The van der Waals surface area contributed by atoms with Crippen molar-refractivity contribution in [1.82, 2.24) is 0 Å². The van der Waals surface area contributed by atoms with Gasteiger partial charge in [0.15, 0.2) is 0 Å². The minimum absolute atomic E-state index is 0.230. The Bertz CT molecular complexity index is 648. The molecule has 0 atom stereocenters. The van der Waals surface area contributed by atoms with Crippen LogP contribution >= 0.6 is 0 Å². The summed E-state index contributed by atoms with van der Waals surface area (Å²) in [5.41, 5.74) is 1.66. The van der Waals surface area contributed by atoms with Crippen LogP contribution in [0.15, 0.2) is 60.7 Å². The second-order valence-corrected chi connectivity index (χ2v) is 8.29. The Kier molecular flexibility index (Phi) is 5.36. The van der Waals surface area contributed by atoms with Gasteiger partial charge in [0.1, 0.15) is 0 Å². The van der Waals surface area contributed by atoms with Crippen molar-refractivity contribution in [2.45, 2.75) is 74.8 Å². The van der Waals surface area contributed by atoms with E-state index in [1.807, 2.05) is 12.1 Å². The topological polar surface area (TPSA) is 49.7 Å². The minimum Gasteiger partial charge on any atom is -0.393 e. The molecule has 0 radical (unpaired) electrons. The Balaban J connectivity index is 1.73. The van der Waals surface area contributed by atoms with Gasteiger partial charge in [-0.05, 0) is 62.5 Å². The van der Waals surface area contributed by atoms with Gasteiger partial charge in [-0.2, -0.15) is 0 Å². The largest absolute Gasteiger partial charge is 0.393 e. The van der Waals surface area contributed by atoms with Crippen LogP contribution in [-0.2, 0) is 15.9 Å². The standard InChI is InChI=1S/C24H30O3/c25-21-11-15-23(16-12-21,19-7-3-1-4-8-19)27-24(17-13-22(26)14-18-24)20-9-5-2-6-10-20/h1-10,21-22,25-26H,11-18H2. The lowest BCUT2D eigenvalue weighted by Crippen LogP contribution is -2.46. The maximum atomic E-state index is 10.1. The van der Waals surface area contributed by atoms with Crippen LogP contribution in [0.5, 0.6) is 0 Å². The predicted molar refractivity (Wildman–Crippen MR) is 106 cm³/mol. The molecule has 3 nitrogen and oxygen atoms in total. The maximum Gasteiger partial charge on any atom is 0.0945 e. The van der Waals surface area contributed by atoms with Gasteiger partial charge in [-0.25, -0.2) is 0 Å². The molecule has 0 spiro atoms. The molecule has 2 aromatic carbocycles. The van der Waals surface area contributed by atoms with E-state index < -0.39 is 0 Å². The summed E-state index contributed by atoms with van der Waals surface area (Å²) >= 11 is 0. The van der Waals surface area contributed by atoms with Crippen molar-refractivity contribution >= 4 is 0 Å². The van der Waals surface area contributed by atoms with Gasteiger partial charge >= 0.3 is 0 Å². The van der Waals surface area contributed by atoms with Crippen LogP contribution < -0.4 is 0 Å². The fourth-order valence-electron chi connectivity index (χ4n) is 4.89. The summed E-state index contributed by atoms with van der Waals surface area (Å²) in [7, 11) is 0. The molecule has 0 heterocycles. The van der Waals surface area contributed by atoms with Crippen LogP contribution in [0.1, 0.15) is 62.5 Å². The minimum atomic E-state index is -0.376. The van der Waals surface area contributed by atoms with Crippen molar-refractivity contribution < 1.29 is 14.9 Å². The van der Waals surface area contributed by atoms with E-state index in [4.69, 9.17) is 4.74 Å². The van der Waals surface area contributed by atoms with Crippen molar-refractivity contribution in [3.05, 3.63) is 71.8 Å². The van der Waals surface area contributed by atoms with Crippen LogP contribution in [0.4, 0.5) is 0 Å². The normalized spacial score (nSPS) is 34.3. The Hall–Kier alpha value is -1.68. The van der Waals surface area contributed by atoms with Crippen LogP contribution in [0.25, 0.3) is 0 Å². The van der Waals surface area contributed by atoms with Gasteiger partial charge in [0, 0.05) is 0 Å². The average Bonchev–Trinajstić information content (AvgIpc) is 2.73. The second-order valence-electron chi connectivity index (χ2n) is 8.29. The number of hydrogen-bond donors (Lipinski definition) is 2. The molecule has 2 saturated carbocycles. The molecular formula is C24H30O3. The lowest BCUT2D eigenvalue weighted by atomic mass is 9.74. The van der Waals surface area contributed by atoms with E-state index in [-0.39, 0.29) is 23.4 Å². The Labute approximate surface area is 162 Å². The Morgan fingerprint density at radius 3 is 1.26 bits per heavy atom. The number of aliphatic hydroxyl groups excluding tert-OH is 2. The molecule has 2 fully saturated rings. The second kappa shape index (κ2) is 7.75. The third kappa shape index (κ3) is 3.82. The molecule has 0 aromatic heterocycles. The third-order valence-electron chi connectivity index (χ3n) is 6.52. The van der Waals surface area contributed by atoms with Crippen molar-refractivity contribution in [3.8, 4) is 0 Å². The zero-order valence-corrected chi connectivity index (χ0v) is 15.9. The summed E-state index contributed by atoms with van der Waals surface area (Å²) in [6.45, 7) is 0. The van der Waals surface area contributed by atoms with Gasteiger partial charge in [-0.3, -0.25) is 0 Å². The summed E-state index contributed by atoms with van der Waals surface area (Å²) in [5, 5.41) is 20.2. The van der Waals surface area contributed by atoms with Crippen LogP contribution in [0.2, 0.25) is 0 Å². The number of rotatable bonds is 4. The van der Waals surface area contributed by atoms with E-state index in [0.29, 0.717) is 0 Å². The summed E-state index contributed by atoms with van der Waals surface area (Å²) < 4.78 is 7.15. The molecule has 2 N–H and O–H groups in total. The van der Waals surface area contributed by atoms with Gasteiger partial charge < -0.3 is 14.9 Å². The summed E-state index contributed by atoms with van der Waals surface area (Å²) in [6, 6.07) is 21.0. The van der Waals surface area contributed by atoms with Crippen molar-refractivity contribution in [1.29, 1.82) is 0 Å². The quantitative estimate of drug-likeness (QED) is 0.827. The molecule has 3 heteroatoms. The predicted octanol–water partition coefficient (Wildman–Crippen LogP) is 4.66. The zero-order valence-electron chi connectivity index (χ0n) is 15.9. The number of aliphatic hydroxyl groups is 2. The molecule has 2 aliphatic rings. The highest BCUT2D eigenvalue weighted by molar-refractivity contribution is 5.27. The number of ether oxygens (including phenoxy) is 1. The number of hydrogen-bond acceptors (Lipinski definition) is 3. The van der Waals surface area contributed by atoms with Gasteiger partial charge in [0.2, 0.25) is 0 Å². The average molecular weight is 367 g/mol. The van der Waals surface area contributed by atoms with Crippen LogP contribution in [-0.4, -0.2) is 22.4 Å². The van der Waals surface area contributed by atoms with Crippen LogP contribution in [0, 0.1) is 0 Å². The molecule has 2 aromatic rings. The molecular weight excluding hydrogens is 336 g/mol. The van der Waals surface area contributed by atoms with E-state index in [2.05, 4.69) is 48.5 Å². The van der Waals surface area contributed by atoms with Crippen LogP contribution in [0.3, 0.4) is 0 Å². The molecule has 0 amide bonds. The van der Waals surface area contributed by atoms with E-state index >= 15 is 0 Å². The Morgan fingerprint density at radius 2 is 0.926 bits per heavy atom. The fraction of sp³-hybridized carbons (Fsp3) is 0.500. The third-order valence-corrected chi connectivity index (χ3v) is 6.52. The highest BCUT2D eigenvalue weighted by atomic mass is 16.5. The van der Waals surface area contributed by atoms with Crippen molar-refractivity contribution in [2.75, 3.05) is 0 Å². The Morgan fingerprint density at radius 1 is 0.593 bits per heavy atom. The first kappa shape index (κ1) is 18.7. The molecule has 144 valence electrons. The van der Waals surface area contributed by atoms with E-state index in [1.165, 1.54) is 11.1 Å². The molecule has 0 unspecified atom stereocenters. The zero-order chi connectivity index (χ0) is 18.7. The van der Waals surface area contributed by atoms with Crippen molar-refractivity contribution in [3.63, 3.8) is 0 Å². The molecule has 0 aliphatic heterocycles. The van der Waals surface area contributed by atoms with E-state index in [0.717, 1.165) is 51.4 Å². The van der Waals surface area contributed by atoms with Gasteiger partial charge in [-0.1, -0.05) is 60.7 Å². The van der Waals surface area contributed by atoms with Gasteiger partial charge in [0.25, 0.3) is 0 Å². The lowest BCUT2D eigenvalue weighted by Gasteiger charge is -2.49. The first-order valence-corrected chi connectivity index (χ1v) is 10.3. The highest BCUT2D eigenvalue weighted by Gasteiger charge is 2.47. The summed E-state index contributed by atoms with van der Waals surface area (Å²) in [4.78, 5) is 0. The summed E-state index contributed by atoms with van der Waals surface area (Å²) in [6.07, 6.45) is 5.92. The fourth-order valence-corrected chi connectivity index (χ4v) is 4.89. The first-order chi connectivity index (χ1) is 13.1. The van der Waals surface area contributed by atoms with Gasteiger partial charge in [0.05, 0.1) is 23.4 Å². The van der Waals surface area contributed by atoms with E-state index in [9.17, 15) is 10.2 Å². The molecule has 27 heavy (non-hydrogen) atoms. The monoisotopic (exact) mass is 366 g/mol. The molecule has 4 rings (SSSR count). The maximum absolute atomic E-state index is 10.1. The molecule has 0 bridgehead atoms. The van der Waals surface area contributed by atoms with Gasteiger partial charge in [-0.15, -0.1) is 0 Å².